The second kappa shape index (κ2) is 31.2. The first-order chi connectivity index (χ1) is 31.4. The lowest BCUT2D eigenvalue weighted by Crippen LogP contribution is -2.42. The molecule has 0 bridgehead atoms. The number of fused-ring (bicyclic) bond motifs is 1. The van der Waals surface area contributed by atoms with Crippen LogP contribution >= 0.6 is 0 Å². The highest BCUT2D eigenvalue weighted by Gasteiger charge is 2.22. The molecule has 9 N–H and O–H groups in total. The summed E-state index contributed by atoms with van der Waals surface area (Å²) in [5, 5.41) is 26.8. The normalized spacial score (nSPS) is 12.0. The van der Waals surface area contributed by atoms with Gasteiger partial charge >= 0.3 is 17.9 Å². The van der Waals surface area contributed by atoms with E-state index >= 15 is 0 Å². The van der Waals surface area contributed by atoms with Crippen molar-refractivity contribution in [3.63, 3.8) is 0 Å². The number of amides is 2. The number of hydrogen-bond acceptors (Lipinski definition) is 17. The molecule has 0 aliphatic carbocycles. The quantitative estimate of drug-likeness (QED) is 0.0175. The van der Waals surface area contributed by atoms with Gasteiger partial charge in [0, 0.05) is 50.8 Å². The molecule has 0 radical (unpaired) electrons. The van der Waals surface area contributed by atoms with Crippen LogP contribution in [0.4, 0.5) is 17.5 Å². The van der Waals surface area contributed by atoms with Gasteiger partial charge in [-0.1, -0.05) is 90.4 Å². The summed E-state index contributed by atoms with van der Waals surface area (Å²) in [6.45, 7) is 2.70. The maximum absolute atomic E-state index is 12.9. The first-order valence-corrected chi connectivity index (χ1v) is 22.9. The van der Waals surface area contributed by atoms with Crippen LogP contribution in [-0.4, -0.2) is 112 Å². The van der Waals surface area contributed by atoms with E-state index in [1.54, 1.807) is 30.5 Å². The van der Waals surface area contributed by atoms with Crippen molar-refractivity contribution >= 4 is 58.3 Å². The van der Waals surface area contributed by atoms with Crippen molar-refractivity contribution in [3.05, 3.63) is 41.7 Å². The highest BCUT2D eigenvalue weighted by molar-refractivity contribution is 5.97. The fraction of sp³-hybridized carbons (Fsp3) is 0.622. The second-order valence-electron chi connectivity index (χ2n) is 16.1. The summed E-state index contributed by atoms with van der Waals surface area (Å²) < 4.78 is 10.5. The summed E-state index contributed by atoms with van der Waals surface area (Å²) in [4.78, 5) is 84.6. The molecule has 2 heterocycles. The number of nitrogens with one attached hydrogen (secondary N) is 3. The second-order valence-corrected chi connectivity index (χ2v) is 16.1. The van der Waals surface area contributed by atoms with Crippen LogP contribution in [0.3, 0.4) is 0 Å². The van der Waals surface area contributed by atoms with Crippen molar-refractivity contribution in [3.8, 4) is 0 Å². The van der Waals surface area contributed by atoms with Crippen LogP contribution in [0.15, 0.2) is 30.5 Å². The molecule has 0 fully saturated rings. The zero-order valence-electron chi connectivity index (χ0n) is 38.1. The van der Waals surface area contributed by atoms with Gasteiger partial charge in [-0.3, -0.25) is 24.4 Å². The van der Waals surface area contributed by atoms with Gasteiger partial charge in [0.25, 0.3) is 5.91 Å². The first kappa shape index (κ1) is 53.6. The third kappa shape index (κ3) is 22.1. The number of anilines is 3. The van der Waals surface area contributed by atoms with Gasteiger partial charge in [-0.2, -0.15) is 9.97 Å². The van der Waals surface area contributed by atoms with E-state index in [-0.39, 0.29) is 75.0 Å². The smallest absolute Gasteiger partial charge is 0.326 e. The van der Waals surface area contributed by atoms with Gasteiger partial charge in [-0.15, -0.1) is 0 Å². The van der Waals surface area contributed by atoms with Crippen molar-refractivity contribution in [1.82, 2.24) is 35.9 Å². The predicted molar refractivity (Wildman–Crippen MR) is 245 cm³/mol. The van der Waals surface area contributed by atoms with E-state index in [9.17, 15) is 29.1 Å². The Morgan fingerprint density at radius 2 is 1.42 bits per heavy atom. The number of carbonyl (C=O) groups excluding carboxylic acids is 4. The Balaban J connectivity index is 1.23. The van der Waals surface area contributed by atoms with E-state index in [4.69, 9.17) is 26.2 Å². The lowest BCUT2D eigenvalue weighted by molar-refractivity contribution is -0.261. The third-order valence-electron chi connectivity index (χ3n) is 10.6. The lowest BCUT2D eigenvalue weighted by atomic mass is 10.0. The molecule has 1 aromatic carbocycles. The van der Waals surface area contributed by atoms with Gasteiger partial charge in [-0.05, 0) is 37.1 Å². The Labute approximate surface area is 381 Å². The Morgan fingerprint density at radius 3 is 2.05 bits per heavy atom. The molecule has 2 atom stereocenters. The molecule has 0 aliphatic rings. The van der Waals surface area contributed by atoms with Crippen molar-refractivity contribution in [2.24, 2.45) is 0 Å². The van der Waals surface area contributed by atoms with Gasteiger partial charge in [-0.25, -0.2) is 19.7 Å². The summed E-state index contributed by atoms with van der Waals surface area (Å²) in [6, 6.07) is 5.21. The Hall–Kier alpha value is -5.73. The highest BCUT2D eigenvalue weighted by Crippen LogP contribution is 2.19. The van der Waals surface area contributed by atoms with Crippen LogP contribution in [0.25, 0.3) is 11.2 Å². The summed E-state index contributed by atoms with van der Waals surface area (Å²) in [7, 11) is 1.82. The number of benzene rings is 1. The first-order valence-electron chi connectivity index (χ1n) is 22.9. The Bertz CT molecular complexity index is 1910. The van der Waals surface area contributed by atoms with E-state index in [1.165, 1.54) is 64.2 Å². The fourth-order valence-electron chi connectivity index (χ4n) is 6.90. The van der Waals surface area contributed by atoms with Crippen molar-refractivity contribution in [2.45, 2.75) is 141 Å². The molecule has 0 spiro atoms. The standard InChI is InChI=1S/C45H70N10O10/c1-3-4-5-6-7-8-9-10-11-12-13-14-15-16-17-38(57)63-30-35(31-64-62)65-39(58)24-25-48-26-27-49-37(56)23-22-36(44(60)61)52-43(59)32-18-20-34(21-19-32)55(2)29-33-28-50-42-40(51-33)41(46)53-45(47)54-42/h18-21,28,35-36,48,62H,3-17,22-27,29-31H2,1-2H3,(H,49,56)(H,52,59)(H,60,61)(H4,46,47,50,53,54)/t35?,36-/m0/s1. The number of carbonyl (C=O) groups is 5. The molecule has 0 saturated heterocycles. The van der Waals surface area contributed by atoms with E-state index in [0.29, 0.717) is 24.3 Å². The minimum absolute atomic E-state index is 0.000328. The molecule has 20 nitrogen and oxygen atoms in total. The number of unbranched alkanes of at least 4 members (excludes halogenated alkanes) is 13. The number of nitrogens with two attached hydrogens (primary N) is 2. The summed E-state index contributed by atoms with van der Waals surface area (Å²) in [6.07, 6.45) is 17.6. The number of hydrogen-bond donors (Lipinski definition) is 7. The minimum Gasteiger partial charge on any atom is -0.480 e. The van der Waals surface area contributed by atoms with Crippen LogP contribution in [0.1, 0.15) is 139 Å². The number of nitrogen functional groups attached to an aromatic ring is 2. The molecular weight excluding hydrogens is 841 g/mol. The third-order valence-corrected chi connectivity index (χ3v) is 10.6. The number of rotatable bonds is 35. The van der Waals surface area contributed by atoms with Gasteiger partial charge in [0.2, 0.25) is 11.9 Å². The molecule has 0 aliphatic heterocycles. The molecule has 2 aromatic heterocycles. The van der Waals surface area contributed by atoms with E-state index in [2.05, 4.69) is 47.7 Å². The maximum Gasteiger partial charge on any atom is 0.326 e. The fourth-order valence-corrected chi connectivity index (χ4v) is 6.90. The number of aliphatic carboxylic acids is 1. The van der Waals surface area contributed by atoms with E-state index in [1.807, 2.05) is 11.9 Å². The number of carboxylic acid groups (broad SMARTS) is 1. The topological polar surface area (TPSA) is 296 Å². The maximum atomic E-state index is 12.9. The molecule has 3 aromatic rings. The van der Waals surface area contributed by atoms with Crippen LogP contribution in [-0.2, 0) is 40.1 Å². The molecule has 20 heteroatoms. The summed E-state index contributed by atoms with van der Waals surface area (Å²) in [5.41, 5.74) is 13.7. The van der Waals surface area contributed by atoms with Crippen molar-refractivity contribution < 1.29 is 48.7 Å². The molecule has 360 valence electrons. The van der Waals surface area contributed by atoms with Crippen molar-refractivity contribution in [1.29, 1.82) is 0 Å². The molecular formula is C45H70N10O10. The van der Waals surface area contributed by atoms with Crippen molar-refractivity contribution in [2.75, 3.05) is 56.3 Å². The average Bonchev–Trinajstić information content (AvgIpc) is 3.28. The molecule has 65 heavy (non-hydrogen) atoms. The number of carboxylic acids is 1. The van der Waals surface area contributed by atoms with E-state index < -0.39 is 41.9 Å². The Kier molecular flexibility index (Phi) is 25.7. The van der Waals surface area contributed by atoms with Crippen LogP contribution in [0.2, 0.25) is 0 Å². The van der Waals surface area contributed by atoms with Gasteiger partial charge in [0.15, 0.2) is 23.1 Å². The van der Waals surface area contributed by atoms with E-state index in [0.717, 1.165) is 31.4 Å². The average molecular weight is 911 g/mol. The van der Waals surface area contributed by atoms with Crippen LogP contribution < -0.4 is 32.3 Å². The largest absolute Gasteiger partial charge is 0.480 e. The SMILES string of the molecule is CCCCCCCCCCCCCCCCC(=O)OCC(COO)OC(=O)CCNCCNC(=O)CC[C@H](NC(=O)c1ccc(N(C)Cc2cnc3nc(N)nc(N)c3n2)cc1)C(=O)O. The predicted octanol–water partition coefficient (Wildman–Crippen LogP) is 5.10. The molecule has 1 unspecified atom stereocenters. The lowest BCUT2D eigenvalue weighted by Gasteiger charge is -2.19. The summed E-state index contributed by atoms with van der Waals surface area (Å²) >= 11 is 0. The zero-order valence-corrected chi connectivity index (χ0v) is 38.1. The number of aromatic nitrogens is 4. The van der Waals surface area contributed by atoms with Crippen LogP contribution in [0.5, 0.6) is 0 Å². The molecule has 0 saturated carbocycles. The highest BCUT2D eigenvalue weighted by atomic mass is 17.1. The zero-order chi connectivity index (χ0) is 47.2. The van der Waals surface area contributed by atoms with Gasteiger partial charge in [0.05, 0.1) is 24.9 Å². The Morgan fingerprint density at radius 1 is 0.769 bits per heavy atom. The van der Waals surface area contributed by atoms with Crippen LogP contribution in [0, 0.1) is 0 Å². The molecule has 3 rings (SSSR count). The number of nitrogens with zero attached hydrogens (tertiary/aromatic N) is 5. The number of ether oxygens (including phenoxy) is 2. The monoisotopic (exact) mass is 911 g/mol. The van der Waals surface area contributed by atoms with Gasteiger partial charge in [0.1, 0.15) is 19.3 Å². The molecule has 2 amide bonds. The summed E-state index contributed by atoms with van der Waals surface area (Å²) in [5.74, 6) is -3.20. The number of esters is 2. The van der Waals surface area contributed by atoms with Gasteiger partial charge < -0.3 is 46.9 Å². The minimum atomic E-state index is -1.31.